The van der Waals surface area contributed by atoms with Crippen molar-refractivity contribution < 1.29 is 14.3 Å². The quantitative estimate of drug-likeness (QED) is 0.276. The summed E-state index contributed by atoms with van der Waals surface area (Å²) in [4.78, 5) is 35.5. The molecule has 0 spiro atoms. The zero-order valence-corrected chi connectivity index (χ0v) is 20.1. The lowest BCUT2D eigenvalue weighted by Crippen LogP contribution is -2.27. The summed E-state index contributed by atoms with van der Waals surface area (Å²) < 4.78 is 5.32. The third-order valence-electron chi connectivity index (χ3n) is 4.70. The topological polar surface area (TPSA) is 93.2 Å². The predicted octanol–water partition coefficient (Wildman–Crippen LogP) is 4.59. The van der Waals surface area contributed by atoms with Crippen LogP contribution in [-0.2, 0) is 17.6 Å². The number of nitrogens with zero attached hydrogens (tertiary/aromatic N) is 2. The van der Waals surface area contributed by atoms with Crippen LogP contribution in [-0.4, -0.2) is 47.3 Å². The molecular weight excluding hydrogens is 456 g/mol. The number of hydrogen-bond donors (Lipinski definition) is 2. The number of carbonyl (C=O) groups excluding carboxylic acids is 2. The van der Waals surface area contributed by atoms with Gasteiger partial charge in [-0.1, -0.05) is 30.3 Å². The Kier molecular flexibility index (Phi) is 9.13. The SMILES string of the molecule is CCCSc1ncc(Cl)c(C(=O)Nc2sc3c(c2C(=O)NCCCOCC)CCC3)n1. The summed E-state index contributed by atoms with van der Waals surface area (Å²) >= 11 is 9.13. The van der Waals surface area contributed by atoms with Gasteiger partial charge in [0, 0.05) is 30.4 Å². The lowest BCUT2D eigenvalue weighted by molar-refractivity contribution is 0.0944. The van der Waals surface area contributed by atoms with E-state index < -0.39 is 5.91 Å². The first kappa shape index (κ1) is 24.0. The van der Waals surface area contributed by atoms with Gasteiger partial charge >= 0.3 is 0 Å². The Morgan fingerprint density at radius 3 is 2.90 bits per heavy atom. The Morgan fingerprint density at radius 1 is 1.29 bits per heavy atom. The van der Waals surface area contributed by atoms with E-state index in [0.717, 1.165) is 48.3 Å². The van der Waals surface area contributed by atoms with Crippen molar-refractivity contribution in [2.24, 2.45) is 0 Å². The van der Waals surface area contributed by atoms with Crippen LogP contribution < -0.4 is 10.6 Å². The largest absolute Gasteiger partial charge is 0.382 e. The summed E-state index contributed by atoms with van der Waals surface area (Å²) in [6.45, 7) is 5.79. The molecule has 31 heavy (non-hydrogen) atoms. The van der Waals surface area contributed by atoms with Crippen LogP contribution in [0.5, 0.6) is 0 Å². The number of thiophene rings is 1. The predicted molar refractivity (Wildman–Crippen MR) is 126 cm³/mol. The molecule has 1 aliphatic carbocycles. The lowest BCUT2D eigenvalue weighted by Gasteiger charge is -2.10. The van der Waals surface area contributed by atoms with Crippen molar-refractivity contribution >= 4 is 51.5 Å². The van der Waals surface area contributed by atoms with E-state index in [1.54, 1.807) is 0 Å². The zero-order valence-electron chi connectivity index (χ0n) is 17.8. The first-order valence-electron chi connectivity index (χ1n) is 10.5. The van der Waals surface area contributed by atoms with Crippen molar-refractivity contribution in [3.8, 4) is 0 Å². The number of amides is 2. The van der Waals surface area contributed by atoms with Crippen LogP contribution in [0.25, 0.3) is 0 Å². The number of fused-ring (bicyclic) bond motifs is 1. The van der Waals surface area contributed by atoms with Crippen molar-refractivity contribution in [2.75, 3.05) is 30.8 Å². The van der Waals surface area contributed by atoms with Gasteiger partial charge in [-0.3, -0.25) is 9.59 Å². The molecule has 0 radical (unpaired) electrons. The second-order valence-electron chi connectivity index (χ2n) is 7.02. The Bertz CT molecular complexity index is 936. The third kappa shape index (κ3) is 6.19. The maximum absolute atomic E-state index is 13.0. The van der Waals surface area contributed by atoms with Gasteiger partial charge in [-0.05, 0) is 44.6 Å². The van der Waals surface area contributed by atoms with E-state index in [9.17, 15) is 9.59 Å². The average molecular weight is 483 g/mol. The number of hydrogen-bond acceptors (Lipinski definition) is 7. The highest BCUT2D eigenvalue weighted by atomic mass is 35.5. The molecule has 0 fully saturated rings. The van der Waals surface area contributed by atoms with E-state index in [4.69, 9.17) is 16.3 Å². The molecule has 10 heteroatoms. The van der Waals surface area contributed by atoms with Gasteiger partial charge in [-0.25, -0.2) is 9.97 Å². The normalized spacial score (nSPS) is 12.6. The second-order valence-corrected chi connectivity index (χ2v) is 9.59. The molecule has 2 aromatic heterocycles. The molecular formula is C21H27ClN4O3S2. The van der Waals surface area contributed by atoms with Gasteiger partial charge in [0.2, 0.25) is 0 Å². The Morgan fingerprint density at radius 2 is 2.13 bits per heavy atom. The molecule has 0 saturated heterocycles. The minimum absolute atomic E-state index is 0.118. The summed E-state index contributed by atoms with van der Waals surface area (Å²) in [5, 5.41) is 7.08. The molecule has 0 saturated carbocycles. The van der Waals surface area contributed by atoms with Crippen LogP contribution >= 0.6 is 34.7 Å². The Balaban J connectivity index is 1.76. The van der Waals surface area contributed by atoms with Crippen LogP contribution in [0, 0.1) is 0 Å². The van der Waals surface area contributed by atoms with E-state index in [2.05, 4.69) is 27.5 Å². The summed E-state index contributed by atoms with van der Waals surface area (Å²) in [5.41, 5.74) is 1.72. The first-order valence-corrected chi connectivity index (χ1v) is 12.7. The molecule has 2 N–H and O–H groups in total. The van der Waals surface area contributed by atoms with Crippen molar-refractivity contribution in [3.63, 3.8) is 0 Å². The fraction of sp³-hybridized carbons (Fsp3) is 0.524. The average Bonchev–Trinajstić information content (AvgIpc) is 3.33. The number of thioether (sulfide) groups is 1. The maximum Gasteiger partial charge on any atom is 0.276 e. The van der Waals surface area contributed by atoms with Gasteiger partial charge < -0.3 is 15.4 Å². The Labute approximate surface area is 195 Å². The van der Waals surface area contributed by atoms with E-state index in [1.807, 2.05) is 6.92 Å². The summed E-state index contributed by atoms with van der Waals surface area (Å²) in [5.74, 6) is 0.253. The van der Waals surface area contributed by atoms with Crippen LogP contribution in [0.4, 0.5) is 5.00 Å². The molecule has 0 unspecified atom stereocenters. The number of aromatic nitrogens is 2. The van der Waals surface area contributed by atoms with Gasteiger partial charge in [0.1, 0.15) is 5.00 Å². The van der Waals surface area contributed by atoms with E-state index in [1.165, 1.54) is 29.3 Å². The fourth-order valence-electron chi connectivity index (χ4n) is 3.28. The summed E-state index contributed by atoms with van der Waals surface area (Å²) in [7, 11) is 0. The molecule has 7 nitrogen and oxygen atoms in total. The molecule has 0 atom stereocenters. The van der Waals surface area contributed by atoms with Gasteiger partial charge in [-0.15, -0.1) is 11.3 Å². The minimum Gasteiger partial charge on any atom is -0.382 e. The fourth-order valence-corrected chi connectivity index (χ4v) is 5.41. The first-order chi connectivity index (χ1) is 15.0. The molecule has 0 aromatic carbocycles. The molecule has 3 rings (SSSR count). The highest BCUT2D eigenvalue weighted by molar-refractivity contribution is 7.99. The molecule has 1 aliphatic rings. The van der Waals surface area contributed by atoms with Crippen LogP contribution in [0.2, 0.25) is 5.02 Å². The summed E-state index contributed by atoms with van der Waals surface area (Å²) in [6, 6.07) is 0. The Hall–Kier alpha value is -1.68. The van der Waals surface area contributed by atoms with E-state index >= 15 is 0 Å². The number of aryl methyl sites for hydroxylation is 1. The van der Waals surface area contributed by atoms with Gasteiger partial charge in [-0.2, -0.15) is 0 Å². The second kappa shape index (κ2) is 11.8. The standard InChI is InChI=1S/C21H27ClN4O3S2/c1-3-11-30-21-24-12-14(22)17(25-21)19(28)26-20-16(13-7-5-8-15(13)31-20)18(27)23-9-6-10-29-4-2/h12H,3-11H2,1-2H3,(H,23,27)(H,26,28). The molecule has 2 heterocycles. The minimum atomic E-state index is -0.434. The maximum atomic E-state index is 13.0. The highest BCUT2D eigenvalue weighted by Crippen LogP contribution is 2.39. The number of carbonyl (C=O) groups is 2. The number of anilines is 1. The monoisotopic (exact) mass is 482 g/mol. The molecule has 0 aliphatic heterocycles. The van der Waals surface area contributed by atoms with Crippen molar-refractivity contribution in [3.05, 3.63) is 32.9 Å². The smallest absolute Gasteiger partial charge is 0.276 e. The molecule has 2 amide bonds. The van der Waals surface area contributed by atoms with Crippen molar-refractivity contribution in [2.45, 2.75) is 51.1 Å². The van der Waals surface area contributed by atoms with Gasteiger partial charge in [0.25, 0.3) is 11.8 Å². The molecule has 2 aromatic rings. The van der Waals surface area contributed by atoms with Crippen LogP contribution in [0.3, 0.4) is 0 Å². The summed E-state index contributed by atoms with van der Waals surface area (Å²) in [6.07, 6.45) is 5.95. The number of rotatable bonds is 11. The van der Waals surface area contributed by atoms with Gasteiger partial charge in [0.05, 0.1) is 16.8 Å². The zero-order chi connectivity index (χ0) is 22.2. The van der Waals surface area contributed by atoms with Crippen molar-refractivity contribution in [1.82, 2.24) is 15.3 Å². The van der Waals surface area contributed by atoms with E-state index in [0.29, 0.717) is 35.5 Å². The van der Waals surface area contributed by atoms with Gasteiger partial charge in [0.15, 0.2) is 10.9 Å². The van der Waals surface area contributed by atoms with Crippen LogP contribution in [0.15, 0.2) is 11.4 Å². The number of nitrogens with one attached hydrogen (secondary N) is 2. The lowest BCUT2D eigenvalue weighted by atomic mass is 10.1. The number of ether oxygens (including phenoxy) is 1. The van der Waals surface area contributed by atoms with Crippen LogP contribution in [0.1, 0.15) is 64.4 Å². The third-order valence-corrected chi connectivity index (χ3v) is 7.25. The highest BCUT2D eigenvalue weighted by Gasteiger charge is 2.28. The molecule has 168 valence electrons. The van der Waals surface area contributed by atoms with Crippen molar-refractivity contribution in [1.29, 1.82) is 0 Å². The molecule has 0 bridgehead atoms. The van der Waals surface area contributed by atoms with E-state index in [-0.39, 0.29) is 16.6 Å². The number of halogens is 1.